The van der Waals surface area contributed by atoms with E-state index in [0.717, 1.165) is 11.2 Å². The van der Waals surface area contributed by atoms with Crippen molar-refractivity contribution < 1.29 is 27.5 Å². The van der Waals surface area contributed by atoms with Crippen LogP contribution in [0.5, 0.6) is 11.5 Å². The fourth-order valence-electron chi connectivity index (χ4n) is 4.15. The van der Waals surface area contributed by atoms with Crippen LogP contribution in [0.4, 0.5) is 0 Å². The van der Waals surface area contributed by atoms with Gasteiger partial charge in [-0.1, -0.05) is 18.2 Å². The van der Waals surface area contributed by atoms with Crippen LogP contribution >= 0.6 is 12.4 Å². The molecule has 0 spiro atoms. The molecular formula is C24H26ClN3O6S. The van der Waals surface area contributed by atoms with Crippen molar-refractivity contribution in [2.75, 3.05) is 25.7 Å². The molecule has 1 N–H and O–H groups in total. The number of imide groups is 1. The highest BCUT2D eigenvalue weighted by Gasteiger charge is 2.43. The minimum Gasteiger partial charge on any atom is -0.493 e. The highest BCUT2D eigenvalue weighted by molar-refractivity contribution is 7.90. The number of fused-ring (bicyclic) bond motifs is 1. The molecule has 2 amide bonds. The van der Waals surface area contributed by atoms with Crippen LogP contribution in [-0.2, 0) is 16.3 Å². The first-order valence-electron chi connectivity index (χ1n) is 10.7. The molecule has 186 valence electrons. The fraction of sp³-hybridized carbons (Fsp3) is 0.292. The molecule has 1 aliphatic heterocycles. The van der Waals surface area contributed by atoms with Gasteiger partial charge >= 0.3 is 0 Å². The molecule has 11 heteroatoms. The lowest BCUT2D eigenvalue weighted by atomic mass is 10.00. The number of aromatic amines is 1. The summed E-state index contributed by atoms with van der Waals surface area (Å²) < 4.78 is 35.7. The number of sulfone groups is 1. The summed E-state index contributed by atoms with van der Waals surface area (Å²) in [5.41, 5.74) is 1.60. The number of hydrogen-bond acceptors (Lipinski definition) is 7. The van der Waals surface area contributed by atoms with E-state index in [-0.39, 0.29) is 23.5 Å². The van der Waals surface area contributed by atoms with Crippen LogP contribution in [0.1, 0.15) is 50.6 Å². The van der Waals surface area contributed by atoms with E-state index in [4.69, 9.17) is 9.47 Å². The monoisotopic (exact) mass is 519 g/mol. The van der Waals surface area contributed by atoms with Gasteiger partial charge in [-0.05, 0) is 36.2 Å². The SMILES string of the molecule is CCOc1cc(C(CS(C)(=O)=O)N2C(=O)c3cccc(Cc4ncc[nH]4)c3C2=O)ccc1OC.Cl. The van der Waals surface area contributed by atoms with Gasteiger partial charge in [-0.15, -0.1) is 12.4 Å². The first-order chi connectivity index (χ1) is 16.2. The van der Waals surface area contributed by atoms with Crippen molar-refractivity contribution in [1.29, 1.82) is 0 Å². The molecule has 1 unspecified atom stereocenters. The predicted octanol–water partition coefficient (Wildman–Crippen LogP) is 3.21. The zero-order valence-corrected chi connectivity index (χ0v) is 21.1. The molecule has 1 atom stereocenters. The van der Waals surface area contributed by atoms with E-state index in [9.17, 15) is 18.0 Å². The summed E-state index contributed by atoms with van der Waals surface area (Å²) in [6.07, 6.45) is 4.70. The minimum absolute atomic E-state index is 0. The number of nitrogens with zero attached hydrogens (tertiary/aromatic N) is 2. The molecule has 0 saturated carbocycles. The second-order valence-corrected chi connectivity index (χ2v) is 10.2. The van der Waals surface area contributed by atoms with E-state index in [0.29, 0.717) is 41.5 Å². The van der Waals surface area contributed by atoms with Crippen LogP contribution in [0, 0.1) is 0 Å². The molecule has 0 bridgehead atoms. The number of nitrogens with one attached hydrogen (secondary N) is 1. The lowest BCUT2D eigenvalue weighted by molar-refractivity contribution is 0.0597. The van der Waals surface area contributed by atoms with Gasteiger partial charge in [-0.25, -0.2) is 13.4 Å². The molecule has 1 aliphatic rings. The molecule has 0 fully saturated rings. The van der Waals surface area contributed by atoms with Crippen molar-refractivity contribution in [3.8, 4) is 11.5 Å². The molecule has 3 aromatic rings. The van der Waals surface area contributed by atoms with Gasteiger partial charge in [-0.3, -0.25) is 14.5 Å². The number of carbonyl (C=O) groups is 2. The van der Waals surface area contributed by atoms with Crippen LogP contribution in [0.3, 0.4) is 0 Å². The second-order valence-electron chi connectivity index (χ2n) is 7.98. The topological polar surface area (TPSA) is 119 Å². The van der Waals surface area contributed by atoms with Crippen LogP contribution in [0.2, 0.25) is 0 Å². The quantitative estimate of drug-likeness (QED) is 0.431. The van der Waals surface area contributed by atoms with E-state index in [1.54, 1.807) is 48.8 Å². The number of halogens is 1. The third-order valence-electron chi connectivity index (χ3n) is 5.59. The van der Waals surface area contributed by atoms with Gasteiger partial charge < -0.3 is 14.5 Å². The Morgan fingerprint density at radius 2 is 1.89 bits per heavy atom. The molecule has 0 radical (unpaired) electrons. The van der Waals surface area contributed by atoms with E-state index in [1.807, 2.05) is 6.92 Å². The first kappa shape index (κ1) is 26.2. The van der Waals surface area contributed by atoms with Gasteiger partial charge in [-0.2, -0.15) is 0 Å². The van der Waals surface area contributed by atoms with Crippen LogP contribution in [-0.4, -0.2) is 60.8 Å². The maximum absolute atomic E-state index is 13.6. The lowest BCUT2D eigenvalue weighted by Crippen LogP contribution is -2.37. The Kier molecular flexibility index (Phi) is 7.86. The van der Waals surface area contributed by atoms with Crippen LogP contribution in [0.25, 0.3) is 0 Å². The van der Waals surface area contributed by atoms with Gasteiger partial charge in [0.2, 0.25) is 0 Å². The Labute approximate surface area is 209 Å². The van der Waals surface area contributed by atoms with Crippen molar-refractivity contribution >= 4 is 34.1 Å². The number of imidazole rings is 1. The van der Waals surface area contributed by atoms with Gasteiger partial charge in [0.15, 0.2) is 11.5 Å². The maximum Gasteiger partial charge on any atom is 0.262 e. The standard InChI is InChI=1S/C24H25N3O6S.ClH/c1-4-33-20-12-15(8-9-19(20)32-2)18(14-34(3,30)31)27-23(28)17-7-5-6-16(22(17)24(27)29)13-21-25-10-11-26-21;/h5-12,18H,4,13-14H2,1-3H3,(H,25,26);1H. The lowest BCUT2D eigenvalue weighted by Gasteiger charge is -2.27. The number of benzene rings is 2. The zero-order valence-electron chi connectivity index (χ0n) is 19.5. The largest absolute Gasteiger partial charge is 0.493 e. The summed E-state index contributed by atoms with van der Waals surface area (Å²) in [6, 6.07) is 8.91. The maximum atomic E-state index is 13.6. The average molecular weight is 520 g/mol. The third-order valence-corrected chi connectivity index (χ3v) is 6.51. The molecule has 0 saturated heterocycles. The van der Waals surface area contributed by atoms with E-state index < -0.39 is 33.4 Å². The Balaban J connectivity index is 0.00000342. The van der Waals surface area contributed by atoms with Gasteiger partial charge in [0.1, 0.15) is 15.7 Å². The van der Waals surface area contributed by atoms with Crippen molar-refractivity contribution in [2.45, 2.75) is 19.4 Å². The number of methoxy groups -OCH3 is 1. The summed E-state index contributed by atoms with van der Waals surface area (Å²) in [4.78, 5) is 35.3. The van der Waals surface area contributed by atoms with E-state index >= 15 is 0 Å². The summed E-state index contributed by atoms with van der Waals surface area (Å²) in [6.45, 7) is 2.17. The molecule has 1 aromatic heterocycles. The molecule has 0 aliphatic carbocycles. The highest BCUT2D eigenvalue weighted by atomic mass is 35.5. The van der Waals surface area contributed by atoms with Crippen molar-refractivity contribution in [3.63, 3.8) is 0 Å². The Morgan fingerprint density at radius 1 is 1.11 bits per heavy atom. The van der Waals surface area contributed by atoms with Crippen molar-refractivity contribution in [1.82, 2.24) is 14.9 Å². The fourth-order valence-corrected chi connectivity index (χ4v) is 5.07. The number of hydrogen-bond donors (Lipinski definition) is 1. The summed E-state index contributed by atoms with van der Waals surface area (Å²) >= 11 is 0. The number of rotatable bonds is 9. The van der Waals surface area contributed by atoms with Crippen LogP contribution < -0.4 is 9.47 Å². The molecule has 9 nitrogen and oxygen atoms in total. The number of amides is 2. The number of carbonyl (C=O) groups excluding carboxylic acids is 2. The van der Waals surface area contributed by atoms with Gasteiger partial charge in [0.05, 0.1) is 36.6 Å². The average Bonchev–Trinajstić information content (AvgIpc) is 3.39. The van der Waals surface area contributed by atoms with Crippen LogP contribution in [0.15, 0.2) is 48.8 Å². The van der Waals surface area contributed by atoms with Gasteiger partial charge in [0, 0.05) is 25.1 Å². The number of aromatic nitrogens is 2. The second kappa shape index (κ2) is 10.5. The smallest absolute Gasteiger partial charge is 0.262 e. The Hall–Kier alpha value is -3.37. The molecule has 4 rings (SSSR count). The molecular weight excluding hydrogens is 494 g/mol. The first-order valence-corrected chi connectivity index (χ1v) is 12.8. The Bertz CT molecular complexity index is 1340. The van der Waals surface area contributed by atoms with E-state index in [1.165, 1.54) is 7.11 Å². The summed E-state index contributed by atoms with van der Waals surface area (Å²) in [5.74, 6) is 0.0108. The van der Waals surface area contributed by atoms with E-state index in [2.05, 4.69) is 9.97 Å². The zero-order chi connectivity index (χ0) is 24.5. The number of H-pyrrole nitrogens is 1. The Morgan fingerprint density at radius 3 is 2.51 bits per heavy atom. The highest BCUT2D eigenvalue weighted by Crippen LogP contribution is 2.37. The molecule has 2 aromatic carbocycles. The third kappa shape index (κ3) is 5.33. The normalized spacial score (nSPS) is 13.9. The molecule has 35 heavy (non-hydrogen) atoms. The number of ether oxygens (including phenoxy) is 2. The molecule has 2 heterocycles. The minimum atomic E-state index is -3.57. The van der Waals surface area contributed by atoms with Crippen molar-refractivity contribution in [3.05, 3.63) is 76.9 Å². The van der Waals surface area contributed by atoms with Gasteiger partial charge in [0.25, 0.3) is 11.8 Å². The summed E-state index contributed by atoms with van der Waals surface area (Å²) in [7, 11) is -2.07. The predicted molar refractivity (Wildman–Crippen MR) is 132 cm³/mol. The van der Waals surface area contributed by atoms with Crippen molar-refractivity contribution in [2.24, 2.45) is 0 Å². The summed E-state index contributed by atoms with van der Waals surface area (Å²) in [5, 5.41) is 0.